The summed E-state index contributed by atoms with van der Waals surface area (Å²) in [6.45, 7) is 4.20. The van der Waals surface area contributed by atoms with E-state index in [1.165, 1.54) is 0 Å². The van der Waals surface area contributed by atoms with Crippen molar-refractivity contribution < 1.29 is 18.6 Å². The molecule has 0 aliphatic carbocycles. The van der Waals surface area contributed by atoms with Crippen LogP contribution in [-0.4, -0.2) is 14.4 Å². The van der Waals surface area contributed by atoms with Crippen molar-refractivity contribution in [2.24, 2.45) is 0 Å². The van der Waals surface area contributed by atoms with Crippen molar-refractivity contribution in [2.75, 3.05) is 4.81 Å². The van der Waals surface area contributed by atoms with Gasteiger partial charge in [0, 0.05) is 5.69 Å². The lowest BCUT2D eigenvalue weighted by Gasteiger charge is -2.36. The van der Waals surface area contributed by atoms with Crippen molar-refractivity contribution >= 4 is 20.1 Å². The zero-order chi connectivity index (χ0) is 23.1. The second kappa shape index (κ2) is 8.41. The molecule has 4 aromatic carbocycles. The van der Waals surface area contributed by atoms with E-state index in [1.807, 2.05) is 66.7 Å². The molecule has 0 bridgehead atoms. The zero-order valence-electron chi connectivity index (χ0n) is 19.0. The van der Waals surface area contributed by atoms with Gasteiger partial charge in [-0.1, -0.05) is 72.8 Å². The van der Waals surface area contributed by atoms with Crippen LogP contribution < -0.4 is 23.4 Å². The van der Waals surface area contributed by atoms with Crippen LogP contribution in [0.25, 0.3) is 0 Å². The van der Waals surface area contributed by atoms with Gasteiger partial charge in [0.15, 0.2) is 0 Å². The summed E-state index contributed by atoms with van der Waals surface area (Å²) < 4.78 is 25.5. The highest BCUT2D eigenvalue weighted by molar-refractivity contribution is 6.59. The van der Waals surface area contributed by atoms with Gasteiger partial charge in [0.2, 0.25) is 0 Å². The number of nitrogens with zero attached hydrogens (tertiary/aromatic N) is 1. The van der Waals surface area contributed by atoms with Gasteiger partial charge in [-0.3, -0.25) is 0 Å². The zero-order valence-corrected chi connectivity index (χ0v) is 19.0. The standard InChI is InChI=1S/C27H23B2NO4/c1-19-11-10-12-20(2)26(19)30(29-33-24-17-8-9-18-25(24)34-29)27(21-13-4-3-5-14-21)28-31-22-15-6-7-16-23(22)32-28/h3-18,27H,1-2H3. The minimum atomic E-state index is -0.696. The lowest BCUT2D eigenvalue weighted by atomic mass is 9.69. The summed E-state index contributed by atoms with van der Waals surface area (Å²) in [7, 11) is -1.30. The molecule has 6 rings (SSSR count). The lowest BCUT2D eigenvalue weighted by Crippen LogP contribution is -2.55. The van der Waals surface area contributed by atoms with Gasteiger partial charge in [-0.2, -0.15) is 0 Å². The Labute approximate surface area is 200 Å². The van der Waals surface area contributed by atoms with Crippen LogP contribution in [0.1, 0.15) is 22.6 Å². The highest BCUT2D eigenvalue weighted by Gasteiger charge is 2.53. The number of hydrogen-bond donors (Lipinski definition) is 0. The molecule has 1 atom stereocenters. The van der Waals surface area contributed by atoms with E-state index >= 15 is 0 Å². The largest absolute Gasteiger partial charge is 0.738 e. The number of hydrogen-bond acceptors (Lipinski definition) is 5. The van der Waals surface area contributed by atoms with Crippen LogP contribution in [-0.2, 0) is 0 Å². The van der Waals surface area contributed by atoms with Crippen molar-refractivity contribution in [2.45, 2.75) is 19.8 Å². The summed E-state index contributed by atoms with van der Waals surface area (Å²) in [5, 5.41) is 0. The van der Waals surface area contributed by atoms with Crippen LogP contribution in [0.15, 0.2) is 97.1 Å². The molecule has 0 amide bonds. The van der Waals surface area contributed by atoms with Gasteiger partial charge in [-0.05, 0) is 54.8 Å². The Kier molecular flexibility index (Phi) is 5.10. The predicted molar refractivity (Wildman–Crippen MR) is 134 cm³/mol. The van der Waals surface area contributed by atoms with Gasteiger partial charge >= 0.3 is 14.4 Å². The van der Waals surface area contributed by atoms with Crippen LogP contribution >= 0.6 is 0 Å². The van der Waals surface area contributed by atoms with E-state index in [0.29, 0.717) is 11.5 Å². The fraction of sp³-hybridized carbons (Fsp3) is 0.111. The highest BCUT2D eigenvalue weighted by Crippen LogP contribution is 2.43. The number of fused-ring (bicyclic) bond motifs is 2. The maximum absolute atomic E-state index is 6.37. The van der Waals surface area contributed by atoms with Gasteiger partial charge in [-0.15, -0.1) is 0 Å². The first-order valence-corrected chi connectivity index (χ1v) is 11.4. The maximum Gasteiger partial charge on any atom is 0.738 e. The van der Waals surface area contributed by atoms with Gasteiger partial charge in [-0.25, -0.2) is 0 Å². The molecule has 7 heteroatoms. The first-order chi connectivity index (χ1) is 16.7. The van der Waals surface area contributed by atoms with Crippen molar-refractivity contribution in [1.82, 2.24) is 0 Å². The Morgan fingerprint density at radius 1 is 0.559 bits per heavy atom. The quantitative estimate of drug-likeness (QED) is 0.362. The fourth-order valence-electron chi connectivity index (χ4n) is 4.74. The minimum Gasteiger partial charge on any atom is -0.522 e. The minimum absolute atomic E-state index is 0.354. The molecule has 0 fully saturated rings. The third-order valence-corrected chi connectivity index (χ3v) is 6.26. The second-order valence-electron chi connectivity index (χ2n) is 8.54. The van der Waals surface area contributed by atoms with Crippen LogP contribution in [0, 0.1) is 13.8 Å². The second-order valence-corrected chi connectivity index (χ2v) is 8.54. The molecule has 0 N–H and O–H groups in total. The summed E-state index contributed by atoms with van der Waals surface area (Å²) >= 11 is 0. The van der Waals surface area contributed by atoms with E-state index in [4.69, 9.17) is 18.6 Å². The van der Waals surface area contributed by atoms with Crippen LogP contribution in [0.4, 0.5) is 5.69 Å². The van der Waals surface area contributed by atoms with Crippen molar-refractivity contribution in [1.29, 1.82) is 0 Å². The Hall–Kier alpha value is -3.99. The molecule has 2 aliphatic heterocycles. The molecule has 0 saturated heterocycles. The predicted octanol–water partition coefficient (Wildman–Crippen LogP) is 5.81. The molecule has 2 aliphatic rings. The van der Waals surface area contributed by atoms with Gasteiger partial charge in [0.25, 0.3) is 0 Å². The van der Waals surface area contributed by atoms with E-state index in [0.717, 1.165) is 33.9 Å². The topological polar surface area (TPSA) is 40.2 Å². The summed E-state index contributed by atoms with van der Waals surface area (Å²) in [5.74, 6) is 2.53. The monoisotopic (exact) mass is 447 g/mol. The molecule has 2 heterocycles. The summed E-state index contributed by atoms with van der Waals surface area (Å²) in [6, 6.07) is 32.0. The van der Waals surface area contributed by atoms with Gasteiger partial charge in [0.1, 0.15) is 28.9 Å². The normalized spacial score (nSPS) is 14.3. The summed E-state index contributed by atoms with van der Waals surface area (Å²) in [6.07, 6.45) is 0. The van der Waals surface area contributed by atoms with Crippen molar-refractivity contribution in [3.05, 3.63) is 114 Å². The van der Waals surface area contributed by atoms with Crippen LogP contribution in [0.3, 0.4) is 0 Å². The average Bonchev–Trinajstić information content (AvgIpc) is 3.48. The molecule has 34 heavy (non-hydrogen) atoms. The molecule has 0 aromatic heterocycles. The average molecular weight is 447 g/mol. The summed E-state index contributed by atoms with van der Waals surface area (Å²) in [5.41, 5.74) is 4.28. The van der Waals surface area contributed by atoms with E-state index < -0.39 is 14.4 Å². The number of rotatable bonds is 5. The number of para-hydroxylation sites is 5. The van der Waals surface area contributed by atoms with Crippen molar-refractivity contribution in [3.63, 3.8) is 0 Å². The first-order valence-electron chi connectivity index (χ1n) is 11.4. The van der Waals surface area contributed by atoms with Gasteiger partial charge < -0.3 is 23.4 Å². The smallest absolute Gasteiger partial charge is 0.522 e. The fourth-order valence-corrected chi connectivity index (χ4v) is 4.74. The molecule has 1 unspecified atom stereocenters. The highest BCUT2D eigenvalue weighted by atomic mass is 16.7. The third-order valence-electron chi connectivity index (χ3n) is 6.26. The molecule has 4 aromatic rings. The molecule has 5 nitrogen and oxygen atoms in total. The molecule has 0 radical (unpaired) electrons. The molecule has 0 saturated carbocycles. The van der Waals surface area contributed by atoms with E-state index in [2.05, 4.69) is 49.0 Å². The maximum atomic E-state index is 6.37. The Morgan fingerprint density at radius 2 is 1.03 bits per heavy atom. The van der Waals surface area contributed by atoms with Gasteiger partial charge in [0.05, 0.1) is 0 Å². The third kappa shape index (κ3) is 3.54. The lowest BCUT2D eigenvalue weighted by molar-refractivity contribution is 0.451. The van der Waals surface area contributed by atoms with Crippen molar-refractivity contribution in [3.8, 4) is 23.0 Å². The van der Waals surface area contributed by atoms with E-state index in [1.54, 1.807) is 0 Å². The SMILES string of the molecule is Cc1cccc(C)c1N(B1Oc2ccccc2O1)C(B1Oc2ccccc2O1)c1ccccc1. The number of aryl methyl sites for hydroxylation is 2. The Bertz CT molecular complexity index is 1260. The van der Waals surface area contributed by atoms with E-state index in [9.17, 15) is 0 Å². The summed E-state index contributed by atoms with van der Waals surface area (Å²) in [4.78, 5) is 2.15. The van der Waals surface area contributed by atoms with Crippen LogP contribution in [0.5, 0.6) is 23.0 Å². The number of anilines is 1. The molecular weight excluding hydrogens is 424 g/mol. The van der Waals surface area contributed by atoms with Crippen LogP contribution in [0.2, 0.25) is 0 Å². The van der Waals surface area contributed by atoms with E-state index in [-0.39, 0.29) is 5.94 Å². The molecule has 0 spiro atoms. The molecule has 166 valence electrons. The Morgan fingerprint density at radius 3 is 1.56 bits per heavy atom. The number of benzene rings is 4. The first kappa shape index (κ1) is 20.6. The molecular formula is C27H23B2NO4. The Balaban J connectivity index is 1.50.